The molecule has 12 aromatic heterocycles. The first-order chi connectivity index (χ1) is 60.1. The van der Waals surface area contributed by atoms with Crippen molar-refractivity contribution in [3.63, 3.8) is 0 Å². The molecule has 20 rings (SSSR count). The molecule has 124 heavy (non-hydrogen) atoms. The lowest BCUT2D eigenvalue weighted by atomic mass is 9.94. The summed E-state index contributed by atoms with van der Waals surface area (Å²) in [5, 5.41) is 47.2. The van der Waals surface area contributed by atoms with Crippen molar-refractivity contribution in [1.29, 1.82) is 0 Å². The number of halogens is 4. The second-order valence-corrected chi connectivity index (χ2v) is 29.5. The Morgan fingerprint density at radius 2 is 0.661 bits per heavy atom. The third-order valence-corrected chi connectivity index (χ3v) is 20.5. The van der Waals surface area contributed by atoms with Gasteiger partial charge < -0.3 is 33.1 Å². The zero-order valence-corrected chi connectivity index (χ0v) is 67.5. The summed E-state index contributed by atoms with van der Waals surface area (Å²) in [6, 6.07) is 70.5. The first kappa shape index (κ1) is 81.3. The maximum absolute atomic E-state index is 13.6. The van der Waals surface area contributed by atoms with Gasteiger partial charge in [-0.3, -0.25) is 24.9 Å². The minimum Gasteiger partial charge on any atom is -0.463 e. The van der Waals surface area contributed by atoms with Gasteiger partial charge in [0.1, 0.15) is 62.8 Å². The summed E-state index contributed by atoms with van der Waals surface area (Å²) in [4.78, 5) is 44.4. The number of nitrogens with zero attached hydrogens (tertiary/aromatic N) is 20. The topological polar surface area (TPSA) is 401 Å². The van der Waals surface area contributed by atoms with Crippen LogP contribution in [0.3, 0.4) is 0 Å². The number of hydrogen-bond donors (Lipinski definition) is 5. The molecule has 0 fully saturated rings. The van der Waals surface area contributed by atoms with Gasteiger partial charge in [-0.15, -0.1) is 62.3 Å². The van der Waals surface area contributed by atoms with Crippen molar-refractivity contribution in [2.75, 3.05) is 28.7 Å². The van der Waals surface area contributed by atoms with E-state index in [0.29, 0.717) is 51.1 Å². The summed E-state index contributed by atoms with van der Waals surface area (Å²) in [6.07, 6.45) is 5.54. The number of furan rings is 1. The van der Waals surface area contributed by atoms with Crippen LogP contribution in [0.1, 0.15) is 47.6 Å². The fourth-order valence-corrected chi connectivity index (χ4v) is 14.8. The molecule has 20 aromatic rings. The van der Waals surface area contributed by atoms with Crippen LogP contribution in [0.5, 0.6) is 0 Å². The van der Waals surface area contributed by atoms with E-state index < -0.39 is 11.7 Å². The van der Waals surface area contributed by atoms with Gasteiger partial charge in [-0.1, -0.05) is 111 Å². The van der Waals surface area contributed by atoms with E-state index in [9.17, 15) is 17.6 Å². The Morgan fingerprint density at radius 3 is 1.05 bits per heavy atom. The second-order valence-electron chi connectivity index (χ2n) is 28.5. The predicted octanol–water partition coefficient (Wildman–Crippen LogP) is 19.5. The average Bonchev–Trinajstić information content (AvgIpc) is 0.885. The number of aryl methyl sites for hydroxylation is 3. The minimum absolute atomic E-state index is 0.0592. The molecule has 0 bridgehead atoms. The lowest BCUT2D eigenvalue weighted by Crippen LogP contribution is -2.08. The van der Waals surface area contributed by atoms with E-state index in [1.807, 2.05) is 154 Å². The molecule has 0 aliphatic carbocycles. The van der Waals surface area contributed by atoms with Gasteiger partial charge in [0.15, 0.2) is 5.76 Å². The maximum Gasteiger partial charge on any atom is 0.418 e. The number of fused-ring (bicyclic) bond motifs is 5. The van der Waals surface area contributed by atoms with Crippen molar-refractivity contribution in [3.05, 3.63) is 307 Å². The van der Waals surface area contributed by atoms with Gasteiger partial charge in [0.05, 0.1) is 44.3 Å². The van der Waals surface area contributed by atoms with Crippen LogP contribution in [0.2, 0.25) is 0 Å². The van der Waals surface area contributed by atoms with E-state index in [2.05, 4.69) is 145 Å². The Morgan fingerprint density at radius 1 is 0.315 bits per heavy atom. The summed E-state index contributed by atoms with van der Waals surface area (Å²) in [7, 11) is 0. The SMILES string of the molecule is CC(C)c1cc(-c2nnc(N)nc2-c2ccccc2)cc2cccnc12.Cc1cc(-c2nnc(N)nc2-c2ccc(F)cc2)cc2cccnc12.Cc1cc(-c2nnc(N)nc2-c2ccco2)cc2cccnc12.Cc1cc(-c2nnc(N)nc2-c2cccs2)cc2cccnc12.Nc1nnc(-c2cc(C(F)(F)F)c3ncccc3c2)c(-c2ccccc2)n1. The molecule has 0 amide bonds. The number of hydrogen-bond acceptors (Lipinski definition) is 27. The molecular weight excluding hydrogens is 1590 g/mol. The summed E-state index contributed by atoms with van der Waals surface area (Å²) in [5.41, 5.74) is 48.1. The normalized spacial score (nSPS) is 11.2. The number of benzene rings is 8. The van der Waals surface area contributed by atoms with Crippen molar-refractivity contribution in [3.8, 4) is 112 Å². The summed E-state index contributed by atoms with van der Waals surface area (Å²) in [6.45, 7) is 10.4. The summed E-state index contributed by atoms with van der Waals surface area (Å²) in [5.74, 6) is 1.09. The van der Waals surface area contributed by atoms with Crippen molar-refractivity contribution >= 4 is 95.6 Å². The molecule has 0 saturated heterocycles. The molecule has 10 N–H and O–H groups in total. The van der Waals surface area contributed by atoms with E-state index in [1.54, 1.807) is 96.9 Å². The van der Waals surface area contributed by atoms with Gasteiger partial charge >= 0.3 is 6.18 Å². The predicted molar refractivity (Wildman–Crippen MR) is 475 cm³/mol. The van der Waals surface area contributed by atoms with Crippen LogP contribution in [0.4, 0.5) is 47.3 Å². The number of alkyl halides is 3. The van der Waals surface area contributed by atoms with Crippen molar-refractivity contribution in [2.24, 2.45) is 0 Å². The molecule has 0 unspecified atom stereocenters. The largest absolute Gasteiger partial charge is 0.463 e. The van der Waals surface area contributed by atoms with Gasteiger partial charge in [-0.2, -0.15) is 13.2 Å². The quantitative estimate of drug-likeness (QED) is 0.0751. The Hall–Kier alpha value is -16.4. The fraction of sp³-hybridized carbons (Fsp3) is 0.0753. The highest BCUT2D eigenvalue weighted by Crippen LogP contribution is 2.42. The third kappa shape index (κ3) is 18.0. The molecule has 0 saturated carbocycles. The Balaban J connectivity index is 0.000000115. The van der Waals surface area contributed by atoms with Crippen LogP contribution in [0.25, 0.3) is 167 Å². The molecule has 12 heterocycles. The number of aromatic nitrogens is 20. The Labute approximate surface area is 708 Å². The maximum atomic E-state index is 13.6. The molecule has 0 aliphatic heterocycles. The van der Waals surface area contributed by atoms with Crippen LogP contribution in [-0.2, 0) is 6.18 Å². The molecule has 0 atom stereocenters. The van der Waals surface area contributed by atoms with Crippen LogP contribution in [0, 0.1) is 26.6 Å². The van der Waals surface area contributed by atoms with E-state index in [-0.39, 0.29) is 52.3 Å². The highest BCUT2D eigenvalue weighted by atomic mass is 32.1. The Kier molecular flexibility index (Phi) is 23.4. The molecule has 0 radical (unpaired) electrons. The standard InChI is InChI=1S/C21H19N5.C19H12F3N5.C19H14FN5.C17H13N5O.C17H13N5S/c1-13(2)17-12-16(11-15-9-6-10-23-18(15)17)20-19(24-21(22)26-25-20)14-7-4-3-5-8-14;20-19(21,22)14-10-13(9-12-7-4-8-24-15(12)14)17-16(25-18(23)27-26-17)11-5-2-1-3-6-11;1-11-9-14(10-13-3-2-8-22-16(11)13)18-17(23-19(21)25-24-18)12-4-6-15(20)7-5-12;2*1-10-8-12(9-11-4-2-6-19-14(10)11)15-16(13-5-3-7-23-13)20-17(18)22-21-15/h3-13H,1-2H3,(H2,22,24,26);1-10H,(H2,23,25,27);2-10H,1H3,(H2,21,23,25);2*2-9H,1H3,(H2,18,20,22). The Bertz CT molecular complexity index is 7120. The number of nitrogens with two attached hydrogens (primary N) is 5. The number of nitrogen functional groups attached to an aromatic ring is 5. The highest BCUT2D eigenvalue weighted by molar-refractivity contribution is 7.13. The fourth-order valence-electron chi connectivity index (χ4n) is 14.1. The van der Waals surface area contributed by atoms with Gasteiger partial charge in [0.2, 0.25) is 29.7 Å². The average molecular weight is 1660 g/mol. The monoisotopic (exact) mass is 1660 g/mol. The zero-order chi connectivity index (χ0) is 86.1. The summed E-state index contributed by atoms with van der Waals surface area (Å²) < 4.78 is 59.5. The van der Waals surface area contributed by atoms with Crippen molar-refractivity contribution in [1.82, 2.24) is 101 Å². The molecule has 8 aromatic carbocycles. The van der Waals surface area contributed by atoms with Gasteiger partial charge in [-0.25, -0.2) is 29.3 Å². The number of anilines is 5. The third-order valence-electron chi connectivity index (χ3n) is 19.7. The van der Waals surface area contributed by atoms with Gasteiger partial charge in [-0.05, 0) is 188 Å². The van der Waals surface area contributed by atoms with Crippen molar-refractivity contribution < 1.29 is 22.0 Å². The lowest BCUT2D eigenvalue weighted by molar-refractivity contribution is -0.136. The van der Waals surface area contributed by atoms with E-state index in [1.165, 1.54) is 23.9 Å². The smallest absolute Gasteiger partial charge is 0.418 e. The first-order valence-electron chi connectivity index (χ1n) is 38.5. The van der Waals surface area contributed by atoms with Crippen LogP contribution in [0.15, 0.2) is 278 Å². The van der Waals surface area contributed by atoms with Crippen LogP contribution >= 0.6 is 11.3 Å². The highest BCUT2D eigenvalue weighted by Gasteiger charge is 2.35. The second kappa shape index (κ2) is 35.6. The molecule has 31 heteroatoms. The van der Waals surface area contributed by atoms with Crippen molar-refractivity contribution in [2.45, 2.75) is 46.7 Å². The molecular formula is C93H71F4N25OS. The molecule has 0 spiro atoms. The van der Waals surface area contributed by atoms with Crippen LogP contribution < -0.4 is 28.7 Å². The van der Waals surface area contributed by atoms with Crippen LogP contribution in [-0.4, -0.2) is 101 Å². The number of pyridine rings is 5. The molecule has 0 aliphatic rings. The minimum atomic E-state index is -4.57. The van der Waals surface area contributed by atoms with E-state index in [4.69, 9.17) is 33.1 Å². The van der Waals surface area contributed by atoms with E-state index in [0.717, 1.165) is 127 Å². The molecule has 608 valence electrons. The zero-order valence-electron chi connectivity index (χ0n) is 66.7. The number of thiophene rings is 1. The first-order valence-corrected chi connectivity index (χ1v) is 39.4. The van der Waals surface area contributed by atoms with Gasteiger partial charge in [0, 0.05) is 102 Å². The van der Waals surface area contributed by atoms with E-state index >= 15 is 0 Å². The molecule has 26 nitrogen and oxygen atoms in total. The lowest BCUT2D eigenvalue weighted by Gasteiger charge is -2.13. The summed E-state index contributed by atoms with van der Waals surface area (Å²) >= 11 is 1.60. The van der Waals surface area contributed by atoms with Gasteiger partial charge in [0.25, 0.3) is 0 Å². The number of rotatable bonds is 11.